The summed E-state index contributed by atoms with van der Waals surface area (Å²) in [5, 5.41) is 10.7. The van der Waals surface area contributed by atoms with Gasteiger partial charge >= 0.3 is 0 Å². The van der Waals surface area contributed by atoms with Crippen molar-refractivity contribution in [1.29, 1.82) is 0 Å². The quantitative estimate of drug-likeness (QED) is 0.437. The van der Waals surface area contributed by atoms with Gasteiger partial charge in [-0.3, -0.25) is 9.59 Å². The molecular weight excluding hydrogens is 396 g/mol. The van der Waals surface area contributed by atoms with Crippen molar-refractivity contribution in [2.45, 2.75) is 19.9 Å². The number of benzene rings is 1. The van der Waals surface area contributed by atoms with E-state index in [4.69, 9.17) is 9.15 Å². The second-order valence-electron chi connectivity index (χ2n) is 7.17. The summed E-state index contributed by atoms with van der Waals surface area (Å²) in [7, 11) is 0. The van der Waals surface area contributed by atoms with E-state index >= 15 is 0 Å². The summed E-state index contributed by atoms with van der Waals surface area (Å²) in [5.74, 6) is -0.954. The number of rotatable bonds is 11. The van der Waals surface area contributed by atoms with Crippen LogP contribution in [0.5, 0.6) is 5.75 Å². The van der Waals surface area contributed by atoms with Crippen LogP contribution in [0.2, 0.25) is 0 Å². The first-order chi connectivity index (χ1) is 15.0. The second-order valence-corrected chi connectivity index (χ2v) is 7.17. The number of hydrogen-bond donors (Lipinski definition) is 1. The minimum absolute atomic E-state index is 0.0142. The molecule has 31 heavy (non-hydrogen) atoms. The molecule has 0 spiro atoms. The van der Waals surface area contributed by atoms with Crippen LogP contribution in [0.25, 0.3) is 0 Å². The van der Waals surface area contributed by atoms with E-state index in [0.717, 1.165) is 13.1 Å². The van der Waals surface area contributed by atoms with Gasteiger partial charge in [0.05, 0.1) is 17.9 Å². The summed E-state index contributed by atoms with van der Waals surface area (Å²) in [5.41, 5.74) is 0.689. The summed E-state index contributed by atoms with van der Waals surface area (Å²) < 4.78 is 10.9. The molecule has 7 heteroatoms. The molecule has 2 aromatic rings. The first-order valence-electron chi connectivity index (χ1n) is 10.4. The molecule has 164 valence electrons. The van der Waals surface area contributed by atoms with Crippen molar-refractivity contribution >= 4 is 11.7 Å². The van der Waals surface area contributed by atoms with Crippen LogP contribution in [-0.4, -0.2) is 59.4 Å². The van der Waals surface area contributed by atoms with Gasteiger partial charge in [0.25, 0.3) is 5.91 Å². The lowest BCUT2D eigenvalue weighted by Crippen LogP contribution is -2.38. The minimum Gasteiger partial charge on any atom is -0.503 e. The van der Waals surface area contributed by atoms with Crippen molar-refractivity contribution in [3.05, 3.63) is 78.0 Å². The van der Waals surface area contributed by atoms with E-state index in [1.807, 2.05) is 6.07 Å². The molecule has 3 rings (SSSR count). The number of aliphatic hydroxyl groups excluding tert-OH is 1. The Balaban J connectivity index is 2.01. The van der Waals surface area contributed by atoms with Crippen molar-refractivity contribution in [1.82, 2.24) is 9.80 Å². The number of hydrogen-bond acceptors (Lipinski definition) is 6. The van der Waals surface area contributed by atoms with Crippen molar-refractivity contribution < 1.29 is 23.8 Å². The molecule has 1 aliphatic rings. The van der Waals surface area contributed by atoms with E-state index in [0.29, 0.717) is 31.0 Å². The van der Waals surface area contributed by atoms with E-state index < -0.39 is 23.5 Å². The van der Waals surface area contributed by atoms with Crippen molar-refractivity contribution in [2.75, 3.05) is 32.8 Å². The fraction of sp³-hybridized carbons (Fsp3) is 0.333. The van der Waals surface area contributed by atoms with Gasteiger partial charge in [-0.1, -0.05) is 38.6 Å². The zero-order valence-corrected chi connectivity index (χ0v) is 17.9. The third-order valence-electron chi connectivity index (χ3n) is 5.39. The molecule has 0 bridgehead atoms. The predicted octanol–water partition coefficient (Wildman–Crippen LogP) is 3.76. The fourth-order valence-corrected chi connectivity index (χ4v) is 3.72. The Morgan fingerprint density at radius 2 is 2.06 bits per heavy atom. The Hall–Kier alpha value is -3.32. The second kappa shape index (κ2) is 10.1. The lowest BCUT2D eigenvalue weighted by atomic mass is 9.95. The largest absolute Gasteiger partial charge is 0.503 e. The topological polar surface area (TPSA) is 83.2 Å². The SMILES string of the molecule is C=CCOc1cccc([C@@H]2C(C(=O)c3ccco3)=C(O)C(=O)N2CCN(CC)CC)c1. The number of furan rings is 1. The summed E-state index contributed by atoms with van der Waals surface area (Å²) in [6, 6.07) is 9.56. The number of ether oxygens (including phenoxy) is 1. The molecule has 7 nitrogen and oxygen atoms in total. The Bertz CT molecular complexity index is 960. The zero-order chi connectivity index (χ0) is 22.4. The molecule has 1 amide bonds. The average molecular weight is 424 g/mol. The van der Waals surface area contributed by atoms with Gasteiger partial charge in [0.2, 0.25) is 5.78 Å². The van der Waals surface area contributed by atoms with Crippen LogP contribution in [0, 0.1) is 0 Å². The van der Waals surface area contributed by atoms with Crippen LogP contribution in [0.3, 0.4) is 0 Å². The number of likely N-dealkylation sites (N-methyl/N-ethyl adjacent to an activating group) is 1. The van der Waals surface area contributed by atoms with Gasteiger partial charge in [-0.2, -0.15) is 0 Å². The van der Waals surface area contributed by atoms with Crippen LogP contribution >= 0.6 is 0 Å². The number of Topliss-reactive ketones (excluding diaryl/α,β-unsaturated/α-hetero) is 1. The molecule has 1 N–H and O–H groups in total. The molecule has 0 radical (unpaired) electrons. The van der Waals surface area contributed by atoms with Crippen LogP contribution in [0.4, 0.5) is 0 Å². The van der Waals surface area contributed by atoms with Gasteiger partial charge in [0, 0.05) is 13.1 Å². The number of carbonyl (C=O) groups excluding carboxylic acids is 2. The number of ketones is 1. The Morgan fingerprint density at radius 3 is 2.71 bits per heavy atom. The monoisotopic (exact) mass is 424 g/mol. The molecular formula is C24H28N2O5. The lowest BCUT2D eigenvalue weighted by molar-refractivity contribution is -0.129. The van der Waals surface area contributed by atoms with Gasteiger partial charge in [-0.05, 0) is 42.9 Å². The third-order valence-corrected chi connectivity index (χ3v) is 5.39. The molecule has 0 saturated carbocycles. The molecule has 1 atom stereocenters. The average Bonchev–Trinajstić information content (AvgIpc) is 3.41. The van der Waals surface area contributed by atoms with Crippen LogP contribution in [0.1, 0.15) is 36.0 Å². The molecule has 1 aromatic carbocycles. The maximum atomic E-state index is 13.2. The van der Waals surface area contributed by atoms with Crippen LogP contribution in [-0.2, 0) is 4.79 Å². The molecule has 0 unspecified atom stereocenters. The van der Waals surface area contributed by atoms with E-state index in [1.54, 1.807) is 30.3 Å². The molecule has 0 saturated heterocycles. The normalized spacial score (nSPS) is 16.3. The highest BCUT2D eigenvalue weighted by Crippen LogP contribution is 2.39. The Kier molecular flexibility index (Phi) is 7.31. The van der Waals surface area contributed by atoms with Crippen molar-refractivity contribution in [3.63, 3.8) is 0 Å². The third kappa shape index (κ3) is 4.72. The zero-order valence-electron chi connectivity index (χ0n) is 17.9. The standard InChI is InChI=1S/C24H28N2O5/c1-4-14-30-18-10-7-9-17(16-18)21-20(22(27)19-11-8-15-31-19)23(28)24(29)26(21)13-12-25(5-2)6-3/h4,7-11,15-16,21,28H,1,5-6,12-14H2,2-3H3/t21-/m1/s1. The highest BCUT2D eigenvalue weighted by molar-refractivity contribution is 6.15. The first-order valence-corrected chi connectivity index (χ1v) is 10.4. The maximum Gasteiger partial charge on any atom is 0.290 e. The number of aliphatic hydroxyl groups is 1. The summed E-state index contributed by atoms with van der Waals surface area (Å²) in [4.78, 5) is 29.9. The van der Waals surface area contributed by atoms with Gasteiger partial charge in [0.15, 0.2) is 11.5 Å². The van der Waals surface area contributed by atoms with Crippen molar-refractivity contribution in [2.24, 2.45) is 0 Å². The number of nitrogens with zero attached hydrogens (tertiary/aromatic N) is 2. The molecule has 2 heterocycles. The summed E-state index contributed by atoms with van der Waals surface area (Å²) in [6.45, 7) is 10.7. The Morgan fingerprint density at radius 1 is 1.29 bits per heavy atom. The summed E-state index contributed by atoms with van der Waals surface area (Å²) in [6.07, 6.45) is 3.03. The fourth-order valence-electron chi connectivity index (χ4n) is 3.72. The Labute approximate surface area is 182 Å². The molecule has 1 aliphatic heterocycles. The predicted molar refractivity (Wildman–Crippen MR) is 117 cm³/mol. The smallest absolute Gasteiger partial charge is 0.290 e. The van der Waals surface area contributed by atoms with Gasteiger partial charge in [-0.25, -0.2) is 0 Å². The van der Waals surface area contributed by atoms with Gasteiger partial charge in [0.1, 0.15) is 12.4 Å². The number of amides is 1. The van der Waals surface area contributed by atoms with Crippen LogP contribution < -0.4 is 4.74 Å². The summed E-state index contributed by atoms with van der Waals surface area (Å²) >= 11 is 0. The van der Waals surface area contributed by atoms with Gasteiger partial charge < -0.3 is 24.1 Å². The molecule has 1 aromatic heterocycles. The van der Waals surface area contributed by atoms with E-state index in [-0.39, 0.29) is 11.3 Å². The maximum absolute atomic E-state index is 13.2. The molecule has 0 fully saturated rings. The molecule has 0 aliphatic carbocycles. The van der Waals surface area contributed by atoms with E-state index in [9.17, 15) is 14.7 Å². The first kappa shape index (κ1) is 22.4. The van der Waals surface area contributed by atoms with Gasteiger partial charge in [-0.15, -0.1) is 0 Å². The van der Waals surface area contributed by atoms with Crippen LogP contribution in [0.15, 0.2) is 71.1 Å². The highest BCUT2D eigenvalue weighted by atomic mass is 16.5. The van der Waals surface area contributed by atoms with E-state index in [1.165, 1.54) is 17.2 Å². The van der Waals surface area contributed by atoms with E-state index in [2.05, 4.69) is 25.3 Å². The number of carbonyl (C=O) groups is 2. The minimum atomic E-state index is -0.743. The highest BCUT2D eigenvalue weighted by Gasteiger charge is 2.44. The van der Waals surface area contributed by atoms with Crippen molar-refractivity contribution in [3.8, 4) is 5.75 Å². The lowest BCUT2D eigenvalue weighted by Gasteiger charge is -2.29.